The van der Waals surface area contributed by atoms with Gasteiger partial charge in [0, 0.05) is 0 Å². The second kappa shape index (κ2) is 5.59. The Morgan fingerprint density at radius 1 is 1.29 bits per heavy atom. The van der Waals surface area contributed by atoms with E-state index in [2.05, 4.69) is 31.9 Å². The number of halogens is 4. The van der Waals surface area contributed by atoms with E-state index in [4.69, 9.17) is 9.88 Å². The Hall–Kier alpha value is -0.250. The fourth-order valence-corrected chi connectivity index (χ4v) is 3.27. The Morgan fingerprint density at radius 2 is 1.76 bits per heavy atom. The number of ether oxygens (including phenoxy) is 1. The quantitative estimate of drug-likeness (QED) is 0.852. The van der Waals surface area contributed by atoms with Crippen molar-refractivity contribution < 1.29 is 21.9 Å². The van der Waals surface area contributed by atoms with Crippen LogP contribution in [0.3, 0.4) is 0 Å². The molecule has 0 unspecified atom stereocenters. The van der Waals surface area contributed by atoms with Crippen LogP contribution >= 0.6 is 31.9 Å². The van der Waals surface area contributed by atoms with Crippen LogP contribution in [0.4, 0.5) is 8.78 Å². The summed E-state index contributed by atoms with van der Waals surface area (Å²) in [7, 11) is -3.86. The van der Waals surface area contributed by atoms with Crippen molar-refractivity contribution in [1.29, 1.82) is 0 Å². The van der Waals surface area contributed by atoms with Crippen LogP contribution in [-0.2, 0) is 10.0 Å². The zero-order chi connectivity index (χ0) is 13.2. The molecule has 2 N–H and O–H groups in total. The molecule has 0 aliphatic rings. The summed E-state index contributed by atoms with van der Waals surface area (Å²) in [5.74, 6) is 0.0951. The highest BCUT2D eigenvalue weighted by molar-refractivity contribution is 9.11. The molecular formula is C8H7Br2F2NO3S. The normalized spacial score (nSPS) is 11.9. The lowest BCUT2D eigenvalue weighted by molar-refractivity contribution is 0.0811. The van der Waals surface area contributed by atoms with Gasteiger partial charge in [0.1, 0.15) is 12.4 Å². The van der Waals surface area contributed by atoms with Crippen LogP contribution in [0.25, 0.3) is 0 Å². The highest BCUT2D eigenvalue weighted by atomic mass is 79.9. The molecule has 0 saturated carbocycles. The first-order valence-corrected chi connectivity index (χ1v) is 7.28. The van der Waals surface area contributed by atoms with Gasteiger partial charge >= 0.3 is 0 Å². The van der Waals surface area contributed by atoms with E-state index in [-0.39, 0.29) is 19.6 Å². The van der Waals surface area contributed by atoms with Gasteiger partial charge in [0.2, 0.25) is 10.0 Å². The summed E-state index contributed by atoms with van der Waals surface area (Å²) >= 11 is 6.04. The number of benzene rings is 1. The first kappa shape index (κ1) is 14.8. The summed E-state index contributed by atoms with van der Waals surface area (Å²) in [5.41, 5.74) is 0. The first-order valence-electron chi connectivity index (χ1n) is 4.14. The maximum absolute atomic E-state index is 12.0. The van der Waals surface area contributed by atoms with Gasteiger partial charge in [-0.3, -0.25) is 0 Å². The van der Waals surface area contributed by atoms with Gasteiger partial charge in [-0.2, -0.15) is 0 Å². The lowest BCUT2D eigenvalue weighted by Gasteiger charge is -2.11. The molecular weight excluding hydrogens is 388 g/mol. The fourth-order valence-electron chi connectivity index (χ4n) is 0.985. The number of nitrogens with two attached hydrogens (primary N) is 1. The Kier molecular flexibility index (Phi) is 4.87. The molecule has 0 aliphatic heterocycles. The Balaban J connectivity index is 3.11. The first-order chi connectivity index (χ1) is 7.71. The van der Waals surface area contributed by atoms with Crippen molar-refractivity contribution in [1.82, 2.24) is 0 Å². The molecule has 1 rings (SSSR count). The molecule has 1 aromatic rings. The third-order valence-electron chi connectivity index (χ3n) is 1.65. The molecule has 1 aromatic carbocycles. The van der Waals surface area contributed by atoms with E-state index < -0.39 is 23.1 Å². The molecule has 0 bridgehead atoms. The number of hydrogen-bond acceptors (Lipinski definition) is 3. The molecule has 0 spiro atoms. The van der Waals surface area contributed by atoms with Crippen LogP contribution in [0.5, 0.6) is 5.75 Å². The maximum Gasteiger partial charge on any atom is 0.272 e. The highest BCUT2D eigenvalue weighted by Crippen LogP contribution is 2.35. The van der Waals surface area contributed by atoms with Crippen LogP contribution < -0.4 is 9.88 Å². The third kappa shape index (κ3) is 4.16. The minimum Gasteiger partial charge on any atom is -0.485 e. The number of primary sulfonamides is 1. The van der Waals surface area contributed by atoms with Crippen molar-refractivity contribution >= 4 is 41.9 Å². The largest absolute Gasteiger partial charge is 0.485 e. The van der Waals surface area contributed by atoms with E-state index in [9.17, 15) is 17.2 Å². The van der Waals surface area contributed by atoms with Gasteiger partial charge in [-0.25, -0.2) is 22.3 Å². The van der Waals surface area contributed by atoms with Crippen LogP contribution in [-0.4, -0.2) is 21.5 Å². The van der Waals surface area contributed by atoms with Crippen LogP contribution in [0, 0.1) is 0 Å². The average Bonchev–Trinajstić information content (AvgIpc) is 2.14. The van der Waals surface area contributed by atoms with Crippen molar-refractivity contribution in [3.8, 4) is 5.75 Å². The van der Waals surface area contributed by atoms with Gasteiger partial charge in [-0.05, 0) is 44.0 Å². The third-order valence-corrected chi connectivity index (χ3v) is 3.72. The van der Waals surface area contributed by atoms with E-state index in [1.165, 1.54) is 12.1 Å². The van der Waals surface area contributed by atoms with Crippen molar-refractivity contribution in [2.45, 2.75) is 11.3 Å². The topological polar surface area (TPSA) is 69.4 Å². The Morgan fingerprint density at radius 3 is 2.12 bits per heavy atom. The van der Waals surface area contributed by atoms with Crippen molar-refractivity contribution in [3.63, 3.8) is 0 Å². The lowest BCUT2D eigenvalue weighted by atomic mass is 10.3. The Labute approximate surface area is 113 Å². The summed E-state index contributed by atoms with van der Waals surface area (Å²) in [6.45, 7) is -0.786. The molecule has 4 nitrogen and oxygen atoms in total. The van der Waals surface area contributed by atoms with E-state index >= 15 is 0 Å². The fraction of sp³-hybridized carbons (Fsp3) is 0.250. The maximum atomic E-state index is 12.0. The number of rotatable bonds is 4. The van der Waals surface area contributed by atoms with Crippen LogP contribution in [0.1, 0.15) is 0 Å². The molecule has 0 radical (unpaired) electrons. The minimum absolute atomic E-state index is 0.0951. The lowest BCUT2D eigenvalue weighted by Crippen LogP contribution is -2.13. The molecule has 96 valence electrons. The van der Waals surface area contributed by atoms with Crippen LogP contribution in [0.15, 0.2) is 26.0 Å². The van der Waals surface area contributed by atoms with E-state index in [1.807, 2.05) is 0 Å². The molecule has 0 saturated heterocycles. The molecule has 9 heteroatoms. The molecule has 0 amide bonds. The van der Waals surface area contributed by atoms with Gasteiger partial charge < -0.3 is 4.74 Å². The van der Waals surface area contributed by atoms with Crippen molar-refractivity contribution in [3.05, 3.63) is 21.1 Å². The van der Waals surface area contributed by atoms with Crippen molar-refractivity contribution in [2.24, 2.45) is 5.14 Å². The van der Waals surface area contributed by atoms with E-state index in [1.54, 1.807) is 0 Å². The second-order valence-electron chi connectivity index (χ2n) is 2.96. The molecule has 0 atom stereocenters. The molecule has 0 aliphatic carbocycles. The predicted molar refractivity (Wildman–Crippen MR) is 64.7 cm³/mol. The van der Waals surface area contributed by atoms with Gasteiger partial charge in [-0.1, -0.05) is 0 Å². The zero-order valence-corrected chi connectivity index (χ0v) is 12.1. The Bertz CT molecular complexity index is 498. The zero-order valence-electron chi connectivity index (χ0n) is 8.16. The standard InChI is InChI=1S/C8H7Br2F2NO3S/c9-5-1-4(17(13,14)15)2-6(10)8(5)16-3-7(11)12/h1-2,7H,3H2,(H2,13,14,15). The molecule has 0 heterocycles. The number of sulfonamides is 1. The summed E-state index contributed by atoms with van der Waals surface area (Å²) in [6, 6.07) is 2.36. The summed E-state index contributed by atoms with van der Waals surface area (Å²) in [6.07, 6.45) is -2.62. The molecule has 0 aromatic heterocycles. The van der Waals surface area contributed by atoms with Crippen molar-refractivity contribution in [2.75, 3.05) is 6.61 Å². The van der Waals surface area contributed by atoms with Gasteiger partial charge in [-0.15, -0.1) is 0 Å². The second-order valence-corrected chi connectivity index (χ2v) is 6.23. The predicted octanol–water partition coefficient (Wildman–Crippen LogP) is 2.50. The van der Waals surface area contributed by atoms with Gasteiger partial charge in [0.15, 0.2) is 0 Å². The van der Waals surface area contributed by atoms with E-state index in [0.717, 1.165) is 0 Å². The minimum atomic E-state index is -3.86. The van der Waals surface area contributed by atoms with Crippen LogP contribution in [0.2, 0.25) is 0 Å². The molecule has 0 fully saturated rings. The highest BCUT2D eigenvalue weighted by Gasteiger charge is 2.16. The monoisotopic (exact) mass is 393 g/mol. The summed E-state index contributed by atoms with van der Waals surface area (Å²) < 4.78 is 51.4. The molecule has 17 heavy (non-hydrogen) atoms. The van der Waals surface area contributed by atoms with E-state index in [0.29, 0.717) is 0 Å². The average molecular weight is 395 g/mol. The van der Waals surface area contributed by atoms with Gasteiger partial charge in [0.05, 0.1) is 13.8 Å². The van der Waals surface area contributed by atoms with Gasteiger partial charge in [0.25, 0.3) is 6.43 Å². The smallest absolute Gasteiger partial charge is 0.272 e. The summed E-state index contributed by atoms with van der Waals surface area (Å²) in [4.78, 5) is -0.152. The SMILES string of the molecule is NS(=O)(=O)c1cc(Br)c(OCC(F)F)c(Br)c1. The number of alkyl halides is 2. The summed E-state index contributed by atoms with van der Waals surface area (Å²) in [5, 5.41) is 4.94. The number of hydrogen-bond donors (Lipinski definition) is 1.